The molecule has 11 heteroatoms. The van der Waals surface area contributed by atoms with Gasteiger partial charge in [0.25, 0.3) is 0 Å². The summed E-state index contributed by atoms with van der Waals surface area (Å²) in [6.45, 7) is 0.572. The van der Waals surface area contributed by atoms with Crippen LogP contribution in [0.15, 0.2) is 60.7 Å². The molecule has 0 bridgehead atoms. The van der Waals surface area contributed by atoms with Gasteiger partial charge in [-0.2, -0.15) is 0 Å². The van der Waals surface area contributed by atoms with Gasteiger partial charge < -0.3 is 25.0 Å². The molecule has 2 rings (SSSR count). The fourth-order valence-electron chi connectivity index (χ4n) is 3.89. The second kappa shape index (κ2) is 20.7. The Bertz CT molecular complexity index is 1030. The van der Waals surface area contributed by atoms with E-state index in [1.165, 1.54) is 0 Å². The topological polar surface area (TPSA) is 131 Å². The Hall–Kier alpha value is -4.15. The number of carbonyl (C=O) groups is 5. The molecule has 2 N–H and O–H groups in total. The number of esters is 2. The van der Waals surface area contributed by atoms with E-state index in [2.05, 4.69) is 10.6 Å². The Morgan fingerprint density at radius 2 is 1.00 bits per heavy atom. The molecular weight excluding hydrogens is 537 g/mol. The highest BCUT2D eigenvalue weighted by molar-refractivity contribution is 6.57. The van der Waals surface area contributed by atoms with Gasteiger partial charge in [0.2, 0.25) is 19.7 Å². The predicted molar refractivity (Wildman–Crippen MR) is 158 cm³/mol. The minimum absolute atomic E-state index is 0.248. The van der Waals surface area contributed by atoms with E-state index < -0.39 is 17.6 Å². The number of rotatable bonds is 20. The van der Waals surface area contributed by atoms with E-state index >= 15 is 0 Å². The molecule has 224 valence electrons. The first kappa shape index (κ1) is 34.1. The number of amides is 3. The van der Waals surface area contributed by atoms with Gasteiger partial charge in [-0.3, -0.25) is 24.0 Å². The largest absolute Gasteiger partial charge is 0.461 e. The normalized spacial score (nSPS) is 10.4. The fraction of sp³-hybridized carbons (Fsp3) is 0.452. The molecule has 0 aliphatic heterocycles. The summed E-state index contributed by atoms with van der Waals surface area (Å²) in [6.07, 6.45) is 4.61. The molecule has 0 heterocycles. The summed E-state index contributed by atoms with van der Waals surface area (Å²) in [5.74, 6) is -2.26. The summed E-state index contributed by atoms with van der Waals surface area (Å²) in [5, 5.41) is 5.39. The first-order chi connectivity index (χ1) is 20.3. The maximum absolute atomic E-state index is 12.2. The third-order valence-corrected chi connectivity index (χ3v) is 6.23. The van der Waals surface area contributed by atoms with E-state index in [-0.39, 0.29) is 38.2 Å². The SMILES string of the molecule is [B]C(=O)N(CC(=O)NCCCCCC(=O)OCc1ccccc1)CC(=O)NCCCCCC(=O)OCc1ccccc1. The lowest BCUT2D eigenvalue weighted by Crippen LogP contribution is -2.45. The molecular formula is C31H40BN3O7. The maximum Gasteiger partial charge on any atom is 0.306 e. The molecule has 0 saturated heterocycles. The zero-order valence-electron chi connectivity index (χ0n) is 24.1. The lowest BCUT2D eigenvalue weighted by Gasteiger charge is -2.20. The van der Waals surface area contributed by atoms with Crippen molar-refractivity contribution in [3.8, 4) is 0 Å². The molecule has 3 amide bonds. The Morgan fingerprint density at radius 1 is 0.595 bits per heavy atom. The van der Waals surface area contributed by atoms with Crippen molar-refractivity contribution < 1.29 is 33.4 Å². The highest BCUT2D eigenvalue weighted by atomic mass is 16.5. The smallest absolute Gasteiger partial charge is 0.306 e. The zero-order chi connectivity index (χ0) is 30.4. The molecule has 10 nitrogen and oxygen atoms in total. The highest BCUT2D eigenvalue weighted by Crippen LogP contribution is 2.06. The van der Waals surface area contributed by atoms with Crippen molar-refractivity contribution >= 4 is 37.4 Å². The van der Waals surface area contributed by atoms with Gasteiger partial charge in [0, 0.05) is 25.9 Å². The quantitative estimate of drug-likeness (QED) is 0.140. The molecule has 0 aliphatic rings. The number of carbonyl (C=O) groups excluding carboxylic acids is 5. The Balaban J connectivity index is 1.48. The van der Waals surface area contributed by atoms with Crippen LogP contribution in [-0.2, 0) is 41.9 Å². The van der Waals surface area contributed by atoms with Gasteiger partial charge in [-0.1, -0.05) is 73.5 Å². The fourth-order valence-corrected chi connectivity index (χ4v) is 3.89. The van der Waals surface area contributed by atoms with Crippen molar-refractivity contribution in [2.75, 3.05) is 26.2 Å². The number of hydrogen-bond donors (Lipinski definition) is 2. The molecule has 0 saturated carbocycles. The number of nitrogens with one attached hydrogen (secondary N) is 2. The van der Waals surface area contributed by atoms with Gasteiger partial charge in [-0.25, -0.2) is 0 Å². The second-order valence-electron chi connectivity index (χ2n) is 9.81. The standard InChI is InChI=1S/C31H40BN3O7/c32-31(40)35(21-27(36)33-19-11-3-9-17-29(38)41-23-25-13-5-1-6-14-25)22-28(37)34-20-12-4-10-18-30(39)42-24-26-15-7-2-8-16-26/h1-2,5-8,13-16H,3-4,9-12,17-24H2,(H,33,36)(H,34,37). The van der Waals surface area contributed by atoms with Gasteiger partial charge in [0.1, 0.15) is 13.2 Å². The van der Waals surface area contributed by atoms with Gasteiger partial charge in [0.15, 0.2) is 5.81 Å². The summed E-state index contributed by atoms with van der Waals surface area (Å²) in [7, 11) is 5.34. The molecule has 0 atom stereocenters. The van der Waals surface area contributed by atoms with Crippen LogP contribution in [-0.4, -0.2) is 68.5 Å². The number of benzene rings is 2. The number of ether oxygens (including phenoxy) is 2. The Morgan fingerprint density at radius 3 is 1.38 bits per heavy atom. The Kier molecular flexibility index (Phi) is 16.8. The van der Waals surface area contributed by atoms with Crippen LogP contribution < -0.4 is 10.6 Å². The van der Waals surface area contributed by atoms with Crippen LogP contribution in [0, 0.1) is 0 Å². The lowest BCUT2D eigenvalue weighted by atomic mass is 10.1. The molecule has 0 spiro atoms. The third kappa shape index (κ3) is 16.2. The van der Waals surface area contributed by atoms with Crippen molar-refractivity contribution in [3.05, 3.63) is 71.8 Å². The summed E-state index contributed by atoms with van der Waals surface area (Å²) >= 11 is 0. The van der Waals surface area contributed by atoms with Crippen molar-refractivity contribution in [3.63, 3.8) is 0 Å². The van der Waals surface area contributed by atoms with Gasteiger partial charge in [-0.05, 0) is 36.8 Å². The van der Waals surface area contributed by atoms with Crippen LogP contribution in [0.2, 0.25) is 0 Å². The lowest BCUT2D eigenvalue weighted by molar-refractivity contribution is -0.146. The van der Waals surface area contributed by atoms with Crippen LogP contribution in [0.5, 0.6) is 0 Å². The van der Waals surface area contributed by atoms with E-state index in [4.69, 9.17) is 17.3 Å². The van der Waals surface area contributed by atoms with Gasteiger partial charge >= 0.3 is 11.9 Å². The number of hydrogen-bond acceptors (Lipinski definition) is 7. The minimum atomic E-state index is -0.872. The van der Waals surface area contributed by atoms with Crippen LogP contribution in [0.1, 0.15) is 62.5 Å². The van der Waals surface area contributed by atoms with Crippen molar-refractivity contribution in [1.82, 2.24) is 15.5 Å². The molecule has 0 aromatic heterocycles. The first-order valence-corrected chi connectivity index (χ1v) is 14.3. The average molecular weight is 577 g/mol. The van der Waals surface area contributed by atoms with E-state index in [0.29, 0.717) is 51.6 Å². The molecule has 2 aromatic carbocycles. The number of unbranched alkanes of at least 4 members (excludes halogenated alkanes) is 4. The van der Waals surface area contributed by atoms with Crippen molar-refractivity contribution in [1.29, 1.82) is 0 Å². The van der Waals surface area contributed by atoms with Crippen LogP contribution in [0.25, 0.3) is 0 Å². The minimum Gasteiger partial charge on any atom is -0.461 e. The number of nitrogens with zero attached hydrogens (tertiary/aromatic N) is 1. The van der Waals surface area contributed by atoms with E-state index in [0.717, 1.165) is 28.9 Å². The molecule has 2 aromatic rings. The van der Waals surface area contributed by atoms with Crippen molar-refractivity contribution in [2.24, 2.45) is 0 Å². The zero-order valence-corrected chi connectivity index (χ0v) is 24.1. The van der Waals surface area contributed by atoms with E-state index in [1.807, 2.05) is 60.7 Å². The van der Waals surface area contributed by atoms with Crippen molar-refractivity contribution in [2.45, 2.75) is 64.6 Å². The van der Waals surface area contributed by atoms with Crippen LogP contribution >= 0.6 is 0 Å². The molecule has 42 heavy (non-hydrogen) atoms. The summed E-state index contributed by atoms with van der Waals surface area (Å²) in [6, 6.07) is 18.9. The van der Waals surface area contributed by atoms with E-state index in [1.54, 1.807) is 0 Å². The molecule has 0 aliphatic carbocycles. The first-order valence-electron chi connectivity index (χ1n) is 14.3. The third-order valence-electron chi connectivity index (χ3n) is 6.23. The monoisotopic (exact) mass is 577 g/mol. The summed E-state index contributed by atoms with van der Waals surface area (Å²) in [4.78, 5) is 60.8. The molecule has 0 unspecified atom stereocenters. The van der Waals surface area contributed by atoms with Gasteiger partial charge in [0.05, 0.1) is 13.1 Å². The van der Waals surface area contributed by atoms with E-state index in [9.17, 15) is 24.0 Å². The van der Waals surface area contributed by atoms with Crippen LogP contribution in [0.4, 0.5) is 4.79 Å². The molecule has 0 fully saturated rings. The summed E-state index contributed by atoms with van der Waals surface area (Å²) in [5.41, 5.74) is 1.86. The maximum atomic E-state index is 12.2. The molecule has 2 radical (unpaired) electrons. The average Bonchev–Trinajstić information content (AvgIpc) is 2.99. The Labute approximate surface area is 248 Å². The summed E-state index contributed by atoms with van der Waals surface area (Å²) < 4.78 is 10.5. The van der Waals surface area contributed by atoms with Crippen LogP contribution in [0.3, 0.4) is 0 Å². The predicted octanol–water partition coefficient (Wildman–Crippen LogP) is 3.42. The second-order valence-corrected chi connectivity index (χ2v) is 9.81. The van der Waals surface area contributed by atoms with Gasteiger partial charge in [-0.15, -0.1) is 0 Å². The highest BCUT2D eigenvalue weighted by Gasteiger charge is 2.16.